The highest BCUT2D eigenvalue weighted by Gasteiger charge is 2.44. The van der Waals surface area contributed by atoms with Gasteiger partial charge in [0.2, 0.25) is 5.91 Å². The second-order valence-corrected chi connectivity index (χ2v) is 7.03. The molecule has 1 atom stereocenters. The minimum atomic E-state index is -1.16. The Balaban J connectivity index is 1.81. The maximum Gasteiger partial charge on any atom is 0.322 e. The van der Waals surface area contributed by atoms with Crippen molar-refractivity contribution in [3.63, 3.8) is 0 Å². The van der Waals surface area contributed by atoms with Crippen LogP contribution in [0.3, 0.4) is 0 Å². The Labute approximate surface area is 152 Å². The molecule has 0 spiro atoms. The number of nitrogens with one attached hydrogen (secondary N) is 4. The van der Waals surface area contributed by atoms with E-state index in [4.69, 9.17) is 4.74 Å². The third kappa shape index (κ3) is 3.30. The standard InChI is InChI=1S/C18H24N4O4/c1-17(14(23)21-16(25)22-17)12-4-3-5-13(10-12)20-15(24)18(11-26-2)6-8-19-9-7-18/h3-5,10,19H,6-9,11H2,1-2H3,(H,20,24)(H2,21,22,23,25). The van der Waals surface area contributed by atoms with E-state index < -0.39 is 22.9 Å². The van der Waals surface area contributed by atoms with Crippen molar-refractivity contribution in [1.82, 2.24) is 16.0 Å². The molecule has 2 aliphatic rings. The van der Waals surface area contributed by atoms with Gasteiger partial charge in [0.1, 0.15) is 5.54 Å². The molecule has 0 aliphatic carbocycles. The lowest BCUT2D eigenvalue weighted by atomic mass is 9.78. The van der Waals surface area contributed by atoms with E-state index in [-0.39, 0.29) is 5.91 Å². The summed E-state index contributed by atoms with van der Waals surface area (Å²) in [5.41, 5.74) is -0.545. The van der Waals surface area contributed by atoms with E-state index in [9.17, 15) is 14.4 Å². The van der Waals surface area contributed by atoms with Gasteiger partial charge in [-0.3, -0.25) is 14.9 Å². The zero-order chi connectivity index (χ0) is 18.8. The maximum absolute atomic E-state index is 12.9. The van der Waals surface area contributed by atoms with Gasteiger partial charge in [-0.25, -0.2) is 4.79 Å². The van der Waals surface area contributed by atoms with E-state index in [2.05, 4.69) is 21.3 Å². The fourth-order valence-electron chi connectivity index (χ4n) is 3.54. The number of hydrogen-bond acceptors (Lipinski definition) is 5. The van der Waals surface area contributed by atoms with Gasteiger partial charge in [0.05, 0.1) is 12.0 Å². The summed E-state index contributed by atoms with van der Waals surface area (Å²) in [5.74, 6) is -0.511. The van der Waals surface area contributed by atoms with Gasteiger partial charge in [0.15, 0.2) is 0 Å². The number of rotatable bonds is 5. The predicted molar refractivity (Wildman–Crippen MR) is 95.5 cm³/mol. The highest BCUT2D eigenvalue weighted by Crippen LogP contribution is 2.32. The first-order valence-electron chi connectivity index (χ1n) is 8.65. The number of imide groups is 1. The van der Waals surface area contributed by atoms with Crippen LogP contribution in [0.5, 0.6) is 0 Å². The molecule has 140 valence electrons. The monoisotopic (exact) mass is 360 g/mol. The number of carbonyl (C=O) groups excluding carboxylic acids is 3. The van der Waals surface area contributed by atoms with Gasteiger partial charge in [0, 0.05) is 12.8 Å². The number of carbonyl (C=O) groups is 3. The molecule has 0 aromatic heterocycles. The van der Waals surface area contributed by atoms with Crippen molar-refractivity contribution < 1.29 is 19.1 Å². The van der Waals surface area contributed by atoms with E-state index in [1.807, 2.05) is 0 Å². The first-order chi connectivity index (χ1) is 12.4. The van der Waals surface area contributed by atoms with Crippen molar-refractivity contribution in [2.75, 3.05) is 32.1 Å². The normalized spacial score (nSPS) is 24.7. The van der Waals surface area contributed by atoms with Gasteiger partial charge < -0.3 is 20.7 Å². The molecule has 8 nitrogen and oxygen atoms in total. The van der Waals surface area contributed by atoms with E-state index in [1.54, 1.807) is 38.3 Å². The largest absolute Gasteiger partial charge is 0.384 e. The molecule has 2 fully saturated rings. The van der Waals surface area contributed by atoms with Crippen LogP contribution in [-0.2, 0) is 19.9 Å². The second-order valence-electron chi connectivity index (χ2n) is 7.03. The SMILES string of the molecule is COCC1(C(=O)Nc2cccc(C3(C)NC(=O)NC3=O)c2)CCNCC1. The smallest absolute Gasteiger partial charge is 0.322 e. The van der Waals surface area contributed by atoms with Crippen LogP contribution in [0.2, 0.25) is 0 Å². The van der Waals surface area contributed by atoms with Crippen molar-refractivity contribution >= 4 is 23.5 Å². The van der Waals surface area contributed by atoms with E-state index >= 15 is 0 Å². The van der Waals surface area contributed by atoms with Crippen molar-refractivity contribution in [2.45, 2.75) is 25.3 Å². The van der Waals surface area contributed by atoms with Crippen LogP contribution in [0, 0.1) is 5.41 Å². The summed E-state index contributed by atoms with van der Waals surface area (Å²) in [5, 5.41) is 11.1. The number of hydrogen-bond donors (Lipinski definition) is 4. The maximum atomic E-state index is 12.9. The number of benzene rings is 1. The average Bonchev–Trinajstić information content (AvgIpc) is 2.89. The number of ether oxygens (including phenoxy) is 1. The minimum Gasteiger partial charge on any atom is -0.384 e. The average molecular weight is 360 g/mol. The van der Waals surface area contributed by atoms with Crippen LogP contribution in [0.4, 0.5) is 10.5 Å². The third-order valence-corrected chi connectivity index (χ3v) is 5.21. The zero-order valence-electron chi connectivity index (χ0n) is 15.0. The Hall–Kier alpha value is -2.45. The predicted octanol–water partition coefficient (Wildman–Crippen LogP) is 0.696. The fraction of sp³-hybridized carbons (Fsp3) is 0.500. The summed E-state index contributed by atoms with van der Waals surface area (Å²) in [6.45, 7) is 3.52. The molecule has 0 saturated carbocycles. The van der Waals surface area contributed by atoms with Crippen LogP contribution in [0.15, 0.2) is 24.3 Å². The van der Waals surface area contributed by atoms with E-state index in [1.165, 1.54) is 0 Å². The van der Waals surface area contributed by atoms with Crippen molar-refractivity contribution in [1.29, 1.82) is 0 Å². The van der Waals surface area contributed by atoms with Gasteiger partial charge in [0.25, 0.3) is 5.91 Å². The first-order valence-corrected chi connectivity index (χ1v) is 8.65. The molecule has 1 aromatic rings. The molecular weight excluding hydrogens is 336 g/mol. The quantitative estimate of drug-likeness (QED) is 0.578. The molecule has 1 unspecified atom stereocenters. The number of urea groups is 1. The summed E-state index contributed by atoms with van der Waals surface area (Å²) in [6.07, 6.45) is 1.39. The van der Waals surface area contributed by atoms with Gasteiger partial charge >= 0.3 is 6.03 Å². The van der Waals surface area contributed by atoms with Crippen LogP contribution >= 0.6 is 0 Å². The lowest BCUT2D eigenvalue weighted by Crippen LogP contribution is -2.47. The third-order valence-electron chi connectivity index (χ3n) is 5.21. The van der Waals surface area contributed by atoms with Crippen molar-refractivity contribution in [2.24, 2.45) is 5.41 Å². The second kappa shape index (κ2) is 7.05. The molecule has 0 radical (unpaired) electrons. The topological polar surface area (TPSA) is 109 Å². The fourth-order valence-corrected chi connectivity index (χ4v) is 3.54. The molecule has 8 heteroatoms. The molecule has 1 aromatic carbocycles. The van der Waals surface area contributed by atoms with Crippen LogP contribution in [0.25, 0.3) is 0 Å². The van der Waals surface area contributed by atoms with Crippen LogP contribution in [-0.4, -0.2) is 44.7 Å². The lowest BCUT2D eigenvalue weighted by molar-refractivity contribution is -0.130. The van der Waals surface area contributed by atoms with Gasteiger partial charge in [-0.05, 0) is 50.6 Å². The molecule has 4 amide bonds. The highest BCUT2D eigenvalue weighted by molar-refractivity contribution is 6.07. The van der Waals surface area contributed by atoms with E-state index in [0.29, 0.717) is 30.7 Å². The van der Waals surface area contributed by atoms with Gasteiger partial charge in [-0.1, -0.05) is 12.1 Å². The Kier molecular flexibility index (Phi) is 4.97. The van der Waals surface area contributed by atoms with Crippen molar-refractivity contribution in [3.8, 4) is 0 Å². The van der Waals surface area contributed by atoms with Crippen LogP contribution in [0.1, 0.15) is 25.3 Å². The Bertz CT molecular complexity index is 724. The summed E-state index contributed by atoms with van der Waals surface area (Å²) >= 11 is 0. The summed E-state index contributed by atoms with van der Waals surface area (Å²) in [7, 11) is 1.60. The molecule has 26 heavy (non-hydrogen) atoms. The summed E-state index contributed by atoms with van der Waals surface area (Å²) in [4.78, 5) is 36.6. The number of methoxy groups -OCH3 is 1. The van der Waals surface area contributed by atoms with E-state index in [0.717, 1.165) is 13.1 Å². The van der Waals surface area contributed by atoms with Gasteiger partial charge in [-0.2, -0.15) is 0 Å². The molecule has 4 N–H and O–H groups in total. The highest BCUT2D eigenvalue weighted by atomic mass is 16.5. The first kappa shape index (κ1) is 18.3. The van der Waals surface area contributed by atoms with Crippen LogP contribution < -0.4 is 21.3 Å². The number of amides is 4. The summed E-state index contributed by atoms with van der Waals surface area (Å²) in [6, 6.07) is 6.45. The zero-order valence-corrected chi connectivity index (χ0v) is 15.0. The Morgan fingerprint density at radius 3 is 2.62 bits per heavy atom. The number of piperidine rings is 1. The minimum absolute atomic E-state index is 0.0944. The molecule has 2 saturated heterocycles. The lowest BCUT2D eigenvalue weighted by Gasteiger charge is -2.35. The Morgan fingerprint density at radius 2 is 2.00 bits per heavy atom. The van der Waals surface area contributed by atoms with Crippen molar-refractivity contribution in [3.05, 3.63) is 29.8 Å². The molecule has 3 rings (SSSR count). The molecule has 2 heterocycles. The molecule has 0 bridgehead atoms. The van der Waals surface area contributed by atoms with Gasteiger partial charge in [-0.15, -0.1) is 0 Å². The Morgan fingerprint density at radius 1 is 1.27 bits per heavy atom. The molecular formula is C18H24N4O4. The molecule has 2 aliphatic heterocycles. The number of anilines is 1. The summed E-state index contributed by atoms with van der Waals surface area (Å²) < 4.78 is 5.30.